The van der Waals surface area contributed by atoms with Crippen LogP contribution in [0.1, 0.15) is 0 Å². The zero-order chi connectivity index (χ0) is 18.9. The molecule has 2 N–H and O–H groups in total. The van der Waals surface area contributed by atoms with Gasteiger partial charge in [-0.2, -0.15) is 4.98 Å². The van der Waals surface area contributed by atoms with Gasteiger partial charge in [0.2, 0.25) is 5.95 Å². The van der Waals surface area contributed by atoms with Crippen LogP contribution in [-0.4, -0.2) is 46.1 Å². The molecule has 0 bridgehead atoms. The van der Waals surface area contributed by atoms with Crippen LogP contribution in [0, 0.1) is 0 Å². The van der Waals surface area contributed by atoms with E-state index in [9.17, 15) is 0 Å². The van der Waals surface area contributed by atoms with Crippen LogP contribution in [0.2, 0.25) is 0 Å². The number of hydrogen-bond donors (Lipinski definition) is 1. The first-order valence-corrected chi connectivity index (χ1v) is 9.99. The summed E-state index contributed by atoms with van der Waals surface area (Å²) in [5.74, 6) is 1.11. The molecule has 1 aliphatic heterocycles. The molecule has 8 heteroatoms. The fourth-order valence-electron chi connectivity index (χ4n) is 3.47. The molecule has 0 unspecified atom stereocenters. The fraction of sp³-hybridized carbons (Fsp3) is 0.200. The van der Waals surface area contributed by atoms with Gasteiger partial charge in [-0.3, -0.25) is 4.98 Å². The zero-order valence-corrected chi connectivity index (χ0v) is 16.0. The second-order valence-electron chi connectivity index (χ2n) is 6.63. The third-order valence-corrected chi connectivity index (χ3v) is 5.86. The quantitative estimate of drug-likeness (QED) is 0.576. The fourth-order valence-corrected chi connectivity index (χ4v) is 4.40. The van der Waals surface area contributed by atoms with E-state index in [1.54, 1.807) is 6.20 Å². The van der Waals surface area contributed by atoms with Crippen LogP contribution in [-0.2, 0) is 0 Å². The number of para-hydroxylation sites is 1. The standard InChI is InChI=1S/C20H19N7S/c21-20-24-17(27-11-9-26(10-12-27)15-6-2-1-3-7-15)16-19(25-20)28-18(23-16)14-5-4-8-22-13-14/h1-8,13H,9-12H2,(H2,21,24,25). The summed E-state index contributed by atoms with van der Waals surface area (Å²) in [6, 6.07) is 14.4. The number of nitrogen functional groups attached to an aromatic ring is 1. The predicted molar refractivity (Wildman–Crippen MR) is 114 cm³/mol. The number of nitrogens with two attached hydrogens (primary N) is 1. The smallest absolute Gasteiger partial charge is 0.223 e. The van der Waals surface area contributed by atoms with Crippen LogP contribution >= 0.6 is 11.3 Å². The molecule has 1 aromatic carbocycles. The van der Waals surface area contributed by atoms with E-state index >= 15 is 0 Å². The second kappa shape index (κ2) is 7.05. The van der Waals surface area contributed by atoms with E-state index in [2.05, 4.69) is 49.0 Å². The van der Waals surface area contributed by atoms with Gasteiger partial charge >= 0.3 is 0 Å². The summed E-state index contributed by atoms with van der Waals surface area (Å²) in [6.45, 7) is 3.57. The van der Waals surface area contributed by atoms with Crippen LogP contribution in [0.25, 0.3) is 20.9 Å². The molecule has 1 aliphatic rings. The number of piperazine rings is 1. The van der Waals surface area contributed by atoms with Crippen molar-refractivity contribution in [3.8, 4) is 10.6 Å². The Morgan fingerprint density at radius 2 is 1.64 bits per heavy atom. The first kappa shape index (κ1) is 16.9. The van der Waals surface area contributed by atoms with E-state index < -0.39 is 0 Å². The minimum atomic E-state index is 0.286. The molecule has 4 heterocycles. The first-order valence-electron chi connectivity index (χ1n) is 9.17. The van der Waals surface area contributed by atoms with Crippen LogP contribution in [0.4, 0.5) is 17.5 Å². The number of thiazole rings is 1. The Balaban J connectivity index is 1.45. The van der Waals surface area contributed by atoms with Gasteiger partial charge in [0.25, 0.3) is 0 Å². The van der Waals surface area contributed by atoms with Gasteiger partial charge in [-0.15, -0.1) is 0 Å². The maximum atomic E-state index is 6.00. The average Bonchev–Trinajstić information content (AvgIpc) is 3.18. The molecule has 1 saturated heterocycles. The first-order chi connectivity index (χ1) is 13.8. The molecule has 0 saturated carbocycles. The lowest BCUT2D eigenvalue weighted by molar-refractivity contribution is 0.649. The Labute approximate surface area is 166 Å². The van der Waals surface area contributed by atoms with Crippen molar-refractivity contribution in [2.24, 2.45) is 0 Å². The Kier molecular flexibility index (Phi) is 4.25. The predicted octanol–water partition coefficient (Wildman–Crippen LogP) is 3.06. The van der Waals surface area contributed by atoms with Crippen molar-refractivity contribution in [2.45, 2.75) is 0 Å². The van der Waals surface area contributed by atoms with Crippen molar-refractivity contribution in [3.05, 3.63) is 54.9 Å². The third-order valence-electron chi connectivity index (χ3n) is 4.87. The Morgan fingerprint density at radius 3 is 2.39 bits per heavy atom. The van der Waals surface area contributed by atoms with Crippen molar-refractivity contribution in [3.63, 3.8) is 0 Å². The van der Waals surface area contributed by atoms with Crippen molar-refractivity contribution in [1.82, 2.24) is 19.9 Å². The van der Waals surface area contributed by atoms with Crippen LogP contribution in [0.15, 0.2) is 54.9 Å². The van der Waals surface area contributed by atoms with Gasteiger partial charge in [0.05, 0.1) is 0 Å². The lowest BCUT2D eigenvalue weighted by Gasteiger charge is -2.36. The second-order valence-corrected chi connectivity index (χ2v) is 7.61. The van der Waals surface area contributed by atoms with E-state index in [-0.39, 0.29) is 5.95 Å². The summed E-state index contributed by atoms with van der Waals surface area (Å²) in [4.78, 5) is 23.4. The van der Waals surface area contributed by atoms with E-state index in [0.717, 1.165) is 52.9 Å². The highest BCUT2D eigenvalue weighted by Crippen LogP contribution is 2.34. The summed E-state index contributed by atoms with van der Waals surface area (Å²) in [5.41, 5.74) is 9.04. The van der Waals surface area contributed by atoms with E-state index in [4.69, 9.17) is 10.7 Å². The normalized spacial score (nSPS) is 14.6. The van der Waals surface area contributed by atoms with Gasteiger partial charge in [-0.25, -0.2) is 9.97 Å². The van der Waals surface area contributed by atoms with Crippen molar-refractivity contribution >= 4 is 39.1 Å². The number of pyridine rings is 1. The maximum Gasteiger partial charge on any atom is 0.223 e. The SMILES string of the molecule is Nc1nc(N2CCN(c3ccccc3)CC2)c2nc(-c3cccnc3)sc2n1. The molecule has 7 nitrogen and oxygen atoms in total. The molecule has 0 amide bonds. The van der Waals surface area contributed by atoms with E-state index in [1.807, 2.05) is 24.4 Å². The van der Waals surface area contributed by atoms with Crippen LogP contribution in [0.5, 0.6) is 0 Å². The summed E-state index contributed by atoms with van der Waals surface area (Å²) < 4.78 is 0. The number of benzene rings is 1. The van der Waals surface area contributed by atoms with Gasteiger partial charge in [-0.1, -0.05) is 29.5 Å². The molecular weight excluding hydrogens is 370 g/mol. The van der Waals surface area contributed by atoms with Gasteiger partial charge < -0.3 is 15.5 Å². The molecule has 4 aromatic rings. The topological polar surface area (TPSA) is 84.1 Å². The molecule has 0 spiro atoms. The van der Waals surface area contributed by atoms with E-state index in [0.29, 0.717) is 0 Å². The largest absolute Gasteiger partial charge is 0.368 e. The molecule has 5 rings (SSSR count). The number of anilines is 3. The van der Waals surface area contributed by atoms with Crippen LogP contribution < -0.4 is 15.5 Å². The molecule has 0 aliphatic carbocycles. The van der Waals surface area contributed by atoms with Crippen LogP contribution in [0.3, 0.4) is 0 Å². The molecule has 3 aromatic heterocycles. The summed E-state index contributed by atoms with van der Waals surface area (Å²) in [6.07, 6.45) is 3.57. The highest BCUT2D eigenvalue weighted by atomic mass is 32.1. The lowest BCUT2D eigenvalue weighted by atomic mass is 10.2. The molecule has 140 valence electrons. The average molecular weight is 389 g/mol. The summed E-state index contributed by atoms with van der Waals surface area (Å²) in [5, 5.41) is 0.882. The van der Waals surface area contributed by atoms with Gasteiger partial charge in [0.1, 0.15) is 10.5 Å². The van der Waals surface area contributed by atoms with Gasteiger partial charge in [-0.05, 0) is 24.3 Å². The Morgan fingerprint density at radius 1 is 0.857 bits per heavy atom. The number of fused-ring (bicyclic) bond motifs is 1. The third kappa shape index (κ3) is 3.11. The summed E-state index contributed by atoms with van der Waals surface area (Å²) >= 11 is 1.52. The maximum absolute atomic E-state index is 6.00. The number of nitrogens with zero attached hydrogens (tertiary/aromatic N) is 6. The monoisotopic (exact) mass is 389 g/mol. The minimum absolute atomic E-state index is 0.286. The number of aromatic nitrogens is 4. The van der Waals surface area contributed by atoms with Crippen molar-refractivity contribution in [1.29, 1.82) is 0 Å². The van der Waals surface area contributed by atoms with Crippen molar-refractivity contribution in [2.75, 3.05) is 41.7 Å². The molecule has 0 atom stereocenters. The highest BCUT2D eigenvalue weighted by Gasteiger charge is 2.23. The Hall–Kier alpha value is -3.26. The minimum Gasteiger partial charge on any atom is -0.368 e. The zero-order valence-electron chi connectivity index (χ0n) is 15.2. The molecule has 1 fully saturated rings. The molecule has 28 heavy (non-hydrogen) atoms. The van der Waals surface area contributed by atoms with E-state index in [1.165, 1.54) is 17.0 Å². The molecular formula is C20H19N7S. The number of hydrogen-bond acceptors (Lipinski definition) is 8. The summed E-state index contributed by atoms with van der Waals surface area (Å²) in [7, 11) is 0. The number of rotatable bonds is 3. The van der Waals surface area contributed by atoms with Gasteiger partial charge in [0.15, 0.2) is 10.6 Å². The lowest BCUT2D eigenvalue weighted by Crippen LogP contribution is -2.47. The highest BCUT2D eigenvalue weighted by molar-refractivity contribution is 7.21. The van der Waals surface area contributed by atoms with Gasteiger partial charge in [0, 0.05) is 49.8 Å². The molecule has 0 radical (unpaired) electrons. The Bertz CT molecular complexity index is 1090. The van der Waals surface area contributed by atoms with Crippen molar-refractivity contribution < 1.29 is 0 Å².